The van der Waals surface area contributed by atoms with E-state index < -0.39 is 0 Å². The number of likely N-dealkylation sites (N-methyl/N-ethyl adjacent to an activating group) is 1. The van der Waals surface area contributed by atoms with Gasteiger partial charge in [-0.3, -0.25) is 4.90 Å². The van der Waals surface area contributed by atoms with Crippen LogP contribution in [0.15, 0.2) is 29.3 Å². The zero-order valence-electron chi connectivity index (χ0n) is 19.9. The van der Waals surface area contributed by atoms with E-state index in [0.717, 1.165) is 43.8 Å². The van der Waals surface area contributed by atoms with Gasteiger partial charge < -0.3 is 19.5 Å². The monoisotopic (exact) mass is 439 g/mol. The summed E-state index contributed by atoms with van der Waals surface area (Å²) in [6, 6.07) is 9.07. The van der Waals surface area contributed by atoms with Crippen molar-refractivity contribution in [3.8, 4) is 0 Å². The molecular formula is C24H37N7O. The average molecular weight is 440 g/mol. The highest BCUT2D eigenvalue weighted by atomic mass is 16.5. The molecular weight excluding hydrogens is 402 g/mol. The van der Waals surface area contributed by atoms with Crippen LogP contribution in [0.1, 0.15) is 48.6 Å². The minimum atomic E-state index is 0.0487. The molecule has 1 N–H and O–H groups in total. The van der Waals surface area contributed by atoms with Crippen LogP contribution >= 0.6 is 0 Å². The standard InChI is InChI=1S/C24H37N7O/c1-5-30-12-8-10-20(30)15-25-24(26-16-23-28-27-19(3)29(23)4)31-13-14-32-22(17-31)21-11-7-6-9-18(21)2/h6-7,9,11,20,22H,5,8,10,12-17H2,1-4H3,(H,25,26). The summed E-state index contributed by atoms with van der Waals surface area (Å²) in [4.78, 5) is 9.89. The molecule has 8 nitrogen and oxygen atoms in total. The number of hydrogen-bond acceptors (Lipinski definition) is 5. The van der Waals surface area contributed by atoms with E-state index in [1.54, 1.807) is 0 Å². The highest BCUT2D eigenvalue weighted by Gasteiger charge is 2.27. The van der Waals surface area contributed by atoms with Crippen LogP contribution in [0.2, 0.25) is 0 Å². The number of rotatable bonds is 6. The summed E-state index contributed by atoms with van der Waals surface area (Å²) >= 11 is 0. The first-order valence-electron chi connectivity index (χ1n) is 11.9. The Morgan fingerprint density at radius 3 is 2.81 bits per heavy atom. The number of morpholine rings is 1. The van der Waals surface area contributed by atoms with Crippen molar-refractivity contribution in [2.75, 3.05) is 39.3 Å². The fourth-order valence-electron chi connectivity index (χ4n) is 4.73. The Bertz CT molecular complexity index is 925. The van der Waals surface area contributed by atoms with Crippen LogP contribution in [-0.4, -0.2) is 75.9 Å². The van der Waals surface area contributed by atoms with Crippen LogP contribution < -0.4 is 5.32 Å². The predicted octanol–water partition coefficient (Wildman–Crippen LogP) is 2.44. The van der Waals surface area contributed by atoms with Crippen molar-refractivity contribution in [3.05, 3.63) is 47.0 Å². The number of aryl methyl sites for hydroxylation is 2. The molecule has 0 aliphatic carbocycles. The van der Waals surface area contributed by atoms with Crippen molar-refractivity contribution in [2.24, 2.45) is 12.0 Å². The molecule has 1 aromatic carbocycles. The molecule has 2 aliphatic rings. The van der Waals surface area contributed by atoms with Crippen LogP contribution in [-0.2, 0) is 18.3 Å². The maximum atomic E-state index is 6.16. The normalized spacial score (nSPS) is 22.5. The first-order valence-corrected chi connectivity index (χ1v) is 11.9. The van der Waals surface area contributed by atoms with Crippen LogP contribution in [0.25, 0.3) is 0 Å². The van der Waals surface area contributed by atoms with Gasteiger partial charge in [0.2, 0.25) is 0 Å². The van der Waals surface area contributed by atoms with Gasteiger partial charge in [0, 0.05) is 26.2 Å². The molecule has 2 fully saturated rings. The Hall–Kier alpha value is -2.45. The van der Waals surface area contributed by atoms with Crippen molar-refractivity contribution >= 4 is 5.96 Å². The predicted molar refractivity (Wildman–Crippen MR) is 127 cm³/mol. The number of ether oxygens (including phenoxy) is 1. The molecule has 2 unspecified atom stereocenters. The molecule has 32 heavy (non-hydrogen) atoms. The van der Waals surface area contributed by atoms with Crippen LogP contribution in [0.5, 0.6) is 0 Å². The van der Waals surface area contributed by atoms with E-state index in [1.807, 2.05) is 18.5 Å². The van der Waals surface area contributed by atoms with Crippen LogP contribution in [0.3, 0.4) is 0 Å². The zero-order valence-corrected chi connectivity index (χ0v) is 19.9. The van der Waals surface area contributed by atoms with Gasteiger partial charge in [0.05, 0.1) is 13.2 Å². The number of nitrogens with one attached hydrogen (secondary N) is 1. The molecule has 8 heteroatoms. The van der Waals surface area contributed by atoms with Gasteiger partial charge in [-0.2, -0.15) is 0 Å². The number of hydrogen-bond donors (Lipinski definition) is 1. The van der Waals surface area contributed by atoms with Gasteiger partial charge in [0.15, 0.2) is 11.8 Å². The topological polar surface area (TPSA) is 70.8 Å². The second-order valence-electron chi connectivity index (χ2n) is 8.83. The molecule has 2 saturated heterocycles. The molecule has 4 rings (SSSR count). The van der Waals surface area contributed by atoms with E-state index in [1.165, 1.54) is 30.5 Å². The molecule has 0 radical (unpaired) electrons. The molecule has 0 bridgehead atoms. The first-order chi connectivity index (χ1) is 15.6. The lowest BCUT2D eigenvalue weighted by molar-refractivity contribution is -0.00845. The van der Waals surface area contributed by atoms with Crippen LogP contribution in [0, 0.1) is 13.8 Å². The highest BCUT2D eigenvalue weighted by Crippen LogP contribution is 2.25. The molecule has 0 spiro atoms. The Morgan fingerprint density at radius 2 is 2.06 bits per heavy atom. The summed E-state index contributed by atoms with van der Waals surface area (Å²) in [6.45, 7) is 12.4. The Labute approximate surface area is 191 Å². The lowest BCUT2D eigenvalue weighted by Crippen LogP contribution is -2.51. The van der Waals surface area contributed by atoms with Crippen molar-refractivity contribution in [1.82, 2.24) is 29.9 Å². The summed E-state index contributed by atoms with van der Waals surface area (Å²) < 4.78 is 8.17. The van der Waals surface area contributed by atoms with Gasteiger partial charge in [-0.15, -0.1) is 10.2 Å². The lowest BCUT2D eigenvalue weighted by atomic mass is 10.0. The van der Waals surface area contributed by atoms with Crippen molar-refractivity contribution in [1.29, 1.82) is 0 Å². The lowest BCUT2D eigenvalue weighted by Gasteiger charge is -2.36. The maximum Gasteiger partial charge on any atom is 0.194 e. The highest BCUT2D eigenvalue weighted by molar-refractivity contribution is 5.80. The third-order valence-electron chi connectivity index (χ3n) is 6.86. The van der Waals surface area contributed by atoms with E-state index in [-0.39, 0.29) is 6.10 Å². The molecule has 1 aromatic heterocycles. The van der Waals surface area contributed by atoms with Crippen molar-refractivity contribution in [2.45, 2.75) is 52.3 Å². The summed E-state index contributed by atoms with van der Waals surface area (Å²) in [5, 5.41) is 12.2. The Morgan fingerprint density at radius 1 is 1.22 bits per heavy atom. The molecule has 2 atom stereocenters. The molecule has 174 valence electrons. The Balaban J connectivity index is 1.51. The number of benzene rings is 1. The quantitative estimate of drug-likeness (QED) is 0.551. The molecule has 0 saturated carbocycles. The molecule has 2 aromatic rings. The van der Waals surface area contributed by atoms with E-state index >= 15 is 0 Å². The number of likely N-dealkylation sites (tertiary alicyclic amines) is 1. The number of aromatic nitrogens is 3. The zero-order chi connectivity index (χ0) is 22.5. The molecule has 3 heterocycles. The first kappa shape index (κ1) is 22.7. The van der Waals surface area contributed by atoms with E-state index in [2.05, 4.69) is 63.4 Å². The minimum Gasteiger partial charge on any atom is -0.370 e. The van der Waals surface area contributed by atoms with E-state index in [4.69, 9.17) is 9.73 Å². The fourth-order valence-corrected chi connectivity index (χ4v) is 4.73. The second kappa shape index (κ2) is 10.4. The van der Waals surface area contributed by atoms with E-state index in [0.29, 0.717) is 19.2 Å². The second-order valence-corrected chi connectivity index (χ2v) is 8.83. The number of aliphatic imine (C=N–C) groups is 1. The van der Waals surface area contributed by atoms with Crippen molar-refractivity contribution < 1.29 is 4.74 Å². The minimum absolute atomic E-state index is 0.0487. The van der Waals surface area contributed by atoms with Gasteiger partial charge in [-0.25, -0.2) is 4.99 Å². The number of nitrogens with zero attached hydrogens (tertiary/aromatic N) is 6. The summed E-state index contributed by atoms with van der Waals surface area (Å²) in [6.07, 6.45) is 2.57. The summed E-state index contributed by atoms with van der Waals surface area (Å²) in [5.41, 5.74) is 2.53. The number of guanidine groups is 1. The van der Waals surface area contributed by atoms with E-state index in [9.17, 15) is 0 Å². The van der Waals surface area contributed by atoms with Crippen LogP contribution in [0.4, 0.5) is 0 Å². The van der Waals surface area contributed by atoms with Gasteiger partial charge >= 0.3 is 0 Å². The average Bonchev–Trinajstić information content (AvgIpc) is 3.40. The largest absolute Gasteiger partial charge is 0.370 e. The molecule has 2 aliphatic heterocycles. The maximum absolute atomic E-state index is 6.16. The van der Waals surface area contributed by atoms with Gasteiger partial charge in [-0.05, 0) is 50.9 Å². The SMILES string of the molecule is CCN1CCCC1CNC(=NCc1nnc(C)n1C)N1CCOC(c2ccccc2C)C1. The van der Waals surface area contributed by atoms with Gasteiger partial charge in [-0.1, -0.05) is 31.2 Å². The summed E-state index contributed by atoms with van der Waals surface area (Å²) in [7, 11) is 1.99. The van der Waals surface area contributed by atoms with Gasteiger partial charge in [0.1, 0.15) is 18.5 Å². The fraction of sp³-hybridized carbons (Fsp3) is 0.625. The third kappa shape index (κ3) is 5.13. The Kier molecular flexibility index (Phi) is 7.42. The summed E-state index contributed by atoms with van der Waals surface area (Å²) in [5.74, 6) is 2.72. The van der Waals surface area contributed by atoms with Gasteiger partial charge in [0.25, 0.3) is 0 Å². The smallest absolute Gasteiger partial charge is 0.194 e. The third-order valence-corrected chi connectivity index (χ3v) is 6.86. The van der Waals surface area contributed by atoms with Crippen molar-refractivity contribution in [3.63, 3.8) is 0 Å². The molecule has 0 amide bonds.